The molecule has 5 heteroatoms. The topological polar surface area (TPSA) is 58.4 Å². The van der Waals surface area contributed by atoms with E-state index in [2.05, 4.69) is 18.1 Å². The first-order chi connectivity index (χ1) is 6.24. The molecule has 0 aromatic carbocycles. The zero-order valence-electron chi connectivity index (χ0n) is 7.70. The third kappa shape index (κ3) is 3.54. The molecule has 1 amide bonds. The van der Waals surface area contributed by atoms with Crippen LogP contribution in [0.2, 0.25) is 0 Å². The number of rotatable bonds is 3. The van der Waals surface area contributed by atoms with E-state index in [0.717, 1.165) is 25.9 Å². The van der Waals surface area contributed by atoms with Gasteiger partial charge in [0.15, 0.2) is 0 Å². The van der Waals surface area contributed by atoms with E-state index in [1.54, 1.807) is 0 Å². The molecule has 13 heavy (non-hydrogen) atoms. The fourth-order valence-electron chi connectivity index (χ4n) is 1.33. The fourth-order valence-corrected chi connectivity index (χ4v) is 1.49. The van der Waals surface area contributed by atoms with Crippen LogP contribution in [0.1, 0.15) is 19.3 Å². The zero-order chi connectivity index (χ0) is 9.68. The first kappa shape index (κ1) is 10.8. The van der Waals surface area contributed by atoms with Gasteiger partial charge in [-0.25, -0.2) is 5.01 Å². The molecule has 0 unspecified atom stereocenters. The average Bonchev–Trinajstić information content (AvgIpc) is 2.18. The molecule has 1 atom stereocenters. The highest BCUT2D eigenvalue weighted by molar-refractivity contribution is 7.80. The van der Waals surface area contributed by atoms with E-state index < -0.39 is 6.04 Å². The van der Waals surface area contributed by atoms with Crippen LogP contribution < -0.4 is 11.2 Å². The summed E-state index contributed by atoms with van der Waals surface area (Å²) in [6, 6.07) is -0.495. The van der Waals surface area contributed by atoms with Gasteiger partial charge in [0, 0.05) is 18.8 Å². The smallest absolute Gasteiger partial charge is 0.252 e. The standard InChI is InChI=1S/C8H17N3OS/c9-7(6-13)8(12)10-11-4-2-1-3-5-11/h7,13H,1-6,9H2,(H,10,12)/t7-/m0/s1. The Labute approximate surface area is 84.2 Å². The van der Waals surface area contributed by atoms with Gasteiger partial charge in [0.05, 0.1) is 6.04 Å². The van der Waals surface area contributed by atoms with Gasteiger partial charge in [-0.1, -0.05) is 6.42 Å². The molecule has 1 rings (SSSR count). The number of carbonyl (C=O) groups excluding carboxylic acids is 1. The Morgan fingerprint density at radius 3 is 2.62 bits per heavy atom. The third-order valence-corrected chi connectivity index (χ3v) is 2.55. The predicted molar refractivity (Wildman–Crippen MR) is 55.4 cm³/mol. The number of amides is 1. The lowest BCUT2D eigenvalue weighted by Gasteiger charge is -2.27. The molecule has 1 aliphatic heterocycles. The molecular weight excluding hydrogens is 186 g/mol. The summed E-state index contributed by atoms with van der Waals surface area (Å²) in [6.45, 7) is 1.87. The van der Waals surface area contributed by atoms with Crippen LogP contribution in [0.3, 0.4) is 0 Å². The number of nitrogens with one attached hydrogen (secondary N) is 1. The molecule has 1 saturated heterocycles. The van der Waals surface area contributed by atoms with Crippen molar-refractivity contribution in [1.82, 2.24) is 10.4 Å². The maximum atomic E-state index is 11.3. The Kier molecular flexibility index (Phi) is 4.55. The number of nitrogens with zero attached hydrogens (tertiary/aromatic N) is 1. The van der Waals surface area contributed by atoms with E-state index in [9.17, 15) is 4.79 Å². The Balaban J connectivity index is 2.26. The number of piperidine rings is 1. The molecule has 0 radical (unpaired) electrons. The highest BCUT2D eigenvalue weighted by Crippen LogP contribution is 2.05. The third-order valence-electron chi connectivity index (χ3n) is 2.16. The summed E-state index contributed by atoms with van der Waals surface area (Å²) in [5.41, 5.74) is 8.31. The Morgan fingerprint density at radius 2 is 2.08 bits per heavy atom. The average molecular weight is 203 g/mol. The lowest BCUT2D eigenvalue weighted by molar-refractivity contribution is -0.127. The molecule has 1 heterocycles. The van der Waals surface area contributed by atoms with Crippen molar-refractivity contribution in [3.8, 4) is 0 Å². The van der Waals surface area contributed by atoms with Crippen molar-refractivity contribution < 1.29 is 4.79 Å². The number of thiol groups is 1. The second-order valence-corrected chi connectivity index (χ2v) is 3.68. The number of hydrazine groups is 1. The SMILES string of the molecule is N[C@@H](CS)C(=O)NN1CCCCC1. The lowest BCUT2D eigenvalue weighted by atomic mass is 10.2. The fraction of sp³-hybridized carbons (Fsp3) is 0.875. The van der Waals surface area contributed by atoms with Crippen molar-refractivity contribution in [2.24, 2.45) is 5.73 Å². The van der Waals surface area contributed by atoms with Crippen LogP contribution in [-0.4, -0.2) is 35.8 Å². The molecule has 0 aliphatic carbocycles. The van der Waals surface area contributed by atoms with Crippen molar-refractivity contribution in [3.05, 3.63) is 0 Å². The number of nitrogens with two attached hydrogens (primary N) is 1. The highest BCUT2D eigenvalue weighted by Gasteiger charge is 2.16. The number of hydrogen-bond donors (Lipinski definition) is 3. The van der Waals surface area contributed by atoms with Crippen LogP contribution >= 0.6 is 12.6 Å². The van der Waals surface area contributed by atoms with Gasteiger partial charge in [0.25, 0.3) is 5.91 Å². The molecule has 76 valence electrons. The summed E-state index contributed by atoms with van der Waals surface area (Å²) in [6.07, 6.45) is 3.55. The van der Waals surface area contributed by atoms with E-state index in [0.29, 0.717) is 5.75 Å². The van der Waals surface area contributed by atoms with Gasteiger partial charge in [0.1, 0.15) is 0 Å². The monoisotopic (exact) mass is 203 g/mol. The molecule has 4 nitrogen and oxygen atoms in total. The van der Waals surface area contributed by atoms with Gasteiger partial charge < -0.3 is 5.73 Å². The molecule has 0 saturated carbocycles. The number of carbonyl (C=O) groups is 1. The summed E-state index contributed by atoms with van der Waals surface area (Å²) >= 11 is 3.97. The van der Waals surface area contributed by atoms with Crippen LogP contribution in [0.25, 0.3) is 0 Å². The van der Waals surface area contributed by atoms with Crippen LogP contribution in [0.5, 0.6) is 0 Å². The molecule has 0 aromatic heterocycles. The van der Waals surface area contributed by atoms with Gasteiger partial charge in [0.2, 0.25) is 0 Å². The van der Waals surface area contributed by atoms with Gasteiger partial charge in [-0.05, 0) is 12.8 Å². The number of hydrogen-bond acceptors (Lipinski definition) is 4. The largest absolute Gasteiger partial charge is 0.319 e. The molecule has 0 aromatic rings. The lowest BCUT2D eigenvalue weighted by Crippen LogP contribution is -2.51. The van der Waals surface area contributed by atoms with Gasteiger partial charge >= 0.3 is 0 Å². The normalized spacial score (nSPS) is 21.1. The zero-order valence-corrected chi connectivity index (χ0v) is 8.59. The van der Waals surface area contributed by atoms with Crippen molar-refractivity contribution >= 4 is 18.5 Å². The van der Waals surface area contributed by atoms with Crippen LogP contribution in [-0.2, 0) is 4.79 Å². The summed E-state index contributed by atoms with van der Waals surface area (Å²) in [7, 11) is 0. The van der Waals surface area contributed by atoms with Crippen LogP contribution in [0.15, 0.2) is 0 Å². The second-order valence-electron chi connectivity index (χ2n) is 3.31. The van der Waals surface area contributed by atoms with Crippen molar-refractivity contribution in [2.45, 2.75) is 25.3 Å². The Bertz CT molecular complexity index is 171. The Morgan fingerprint density at radius 1 is 1.46 bits per heavy atom. The van der Waals surface area contributed by atoms with E-state index in [1.165, 1.54) is 6.42 Å². The van der Waals surface area contributed by atoms with Crippen LogP contribution in [0, 0.1) is 0 Å². The molecule has 0 bridgehead atoms. The van der Waals surface area contributed by atoms with Crippen molar-refractivity contribution in [1.29, 1.82) is 0 Å². The maximum Gasteiger partial charge on any atom is 0.252 e. The van der Waals surface area contributed by atoms with Gasteiger partial charge in [-0.2, -0.15) is 12.6 Å². The highest BCUT2D eigenvalue weighted by atomic mass is 32.1. The van der Waals surface area contributed by atoms with Gasteiger partial charge in [-0.15, -0.1) is 0 Å². The summed E-state index contributed by atoms with van der Waals surface area (Å²) < 4.78 is 0. The molecule has 1 fully saturated rings. The summed E-state index contributed by atoms with van der Waals surface area (Å²) in [5.74, 6) is 0.261. The van der Waals surface area contributed by atoms with Crippen LogP contribution in [0.4, 0.5) is 0 Å². The molecular formula is C8H17N3OS. The first-order valence-electron chi connectivity index (χ1n) is 4.66. The molecule has 3 N–H and O–H groups in total. The molecule has 1 aliphatic rings. The maximum absolute atomic E-state index is 11.3. The van der Waals surface area contributed by atoms with E-state index in [-0.39, 0.29) is 5.91 Å². The predicted octanol–water partition coefficient (Wildman–Crippen LogP) is -0.239. The minimum absolute atomic E-state index is 0.128. The van der Waals surface area contributed by atoms with E-state index in [4.69, 9.17) is 5.73 Å². The van der Waals surface area contributed by atoms with Gasteiger partial charge in [-0.3, -0.25) is 10.2 Å². The second kappa shape index (κ2) is 5.47. The van der Waals surface area contributed by atoms with E-state index in [1.807, 2.05) is 5.01 Å². The van der Waals surface area contributed by atoms with Crippen molar-refractivity contribution in [2.75, 3.05) is 18.8 Å². The van der Waals surface area contributed by atoms with E-state index >= 15 is 0 Å². The summed E-state index contributed by atoms with van der Waals surface area (Å²) in [5, 5.41) is 1.94. The quantitative estimate of drug-likeness (QED) is 0.555. The summed E-state index contributed by atoms with van der Waals surface area (Å²) in [4.78, 5) is 11.3. The minimum Gasteiger partial charge on any atom is -0.319 e. The Hall–Kier alpha value is -0.260. The first-order valence-corrected chi connectivity index (χ1v) is 5.29. The minimum atomic E-state index is -0.495. The molecule has 0 spiro atoms. The van der Waals surface area contributed by atoms with Crippen molar-refractivity contribution in [3.63, 3.8) is 0 Å².